The number of rotatable bonds is 7. The predicted molar refractivity (Wildman–Crippen MR) is 133 cm³/mol. The number of carbonyl (C=O) groups excluding carboxylic acids is 1. The maximum Gasteiger partial charge on any atom is 0.249 e. The molecule has 1 amide bonds. The van der Waals surface area contributed by atoms with Gasteiger partial charge in [-0.25, -0.2) is 0 Å². The summed E-state index contributed by atoms with van der Waals surface area (Å²) in [5.74, 6) is 1.14. The van der Waals surface area contributed by atoms with Gasteiger partial charge in [0.2, 0.25) is 5.91 Å². The van der Waals surface area contributed by atoms with E-state index in [-0.39, 0.29) is 23.9 Å². The first-order valence-electron chi connectivity index (χ1n) is 12.6. The second-order valence-electron chi connectivity index (χ2n) is 10.4. The Morgan fingerprint density at radius 3 is 2.86 bits per heavy atom. The molecule has 2 aromatic carbocycles. The zero-order chi connectivity index (χ0) is 24.3. The monoisotopic (exact) mass is 497 g/mol. The van der Waals surface area contributed by atoms with E-state index in [1.807, 2.05) is 37.3 Å². The molecule has 3 aliphatic heterocycles. The van der Waals surface area contributed by atoms with E-state index in [4.69, 9.17) is 16.3 Å². The molecule has 2 saturated heterocycles. The topological polar surface area (TPSA) is 85.3 Å². The fraction of sp³-hybridized carbons (Fsp3) is 0.519. The maximum atomic E-state index is 13.7. The summed E-state index contributed by atoms with van der Waals surface area (Å²) in [7, 11) is 0. The number of benzene rings is 2. The summed E-state index contributed by atoms with van der Waals surface area (Å²) < 4.78 is 5.74. The van der Waals surface area contributed by atoms with Crippen molar-refractivity contribution in [1.82, 2.24) is 9.80 Å². The van der Waals surface area contributed by atoms with Crippen LogP contribution in [0.2, 0.25) is 5.02 Å². The quantitative estimate of drug-likeness (QED) is 0.509. The van der Waals surface area contributed by atoms with Gasteiger partial charge in [0.25, 0.3) is 0 Å². The summed E-state index contributed by atoms with van der Waals surface area (Å²) in [6.45, 7) is 5.04. The summed E-state index contributed by atoms with van der Waals surface area (Å²) in [5, 5.41) is 22.9. The minimum absolute atomic E-state index is 0.0140. The first kappa shape index (κ1) is 23.3. The first-order chi connectivity index (χ1) is 16.9. The molecule has 1 saturated carbocycles. The Morgan fingerprint density at radius 2 is 2.09 bits per heavy atom. The highest BCUT2D eigenvalue weighted by molar-refractivity contribution is 6.31. The van der Waals surface area contributed by atoms with E-state index in [1.165, 1.54) is 0 Å². The van der Waals surface area contributed by atoms with E-state index >= 15 is 0 Å². The molecule has 1 aliphatic carbocycles. The molecule has 186 valence electrons. The lowest BCUT2D eigenvalue weighted by Gasteiger charge is -2.36. The Labute approximate surface area is 210 Å². The van der Waals surface area contributed by atoms with Crippen molar-refractivity contribution in [1.29, 1.82) is 0 Å². The minimum Gasteiger partial charge on any atom is -0.494 e. The standard InChI is InChI=1S/C27H32ClN3O4/c1-2-35-19-5-3-4-16(10-19)14-31-23-8-9-30(15-17-11-20(17)25(32)33)24(23)13-27(31)21-7-6-18(28)12-22(21)29-26(27)34/h3-7,10,12,17,20,23-25,32-33H,2,8-9,11,13-15H2,1H3,(H,29,34). The minimum atomic E-state index is -1.24. The molecule has 1 spiro atoms. The lowest BCUT2D eigenvalue weighted by molar-refractivity contribution is -0.127. The van der Waals surface area contributed by atoms with Crippen LogP contribution in [0, 0.1) is 11.8 Å². The lowest BCUT2D eigenvalue weighted by Crippen LogP contribution is -2.49. The normalized spacial score (nSPS) is 31.7. The van der Waals surface area contributed by atoms with Crippen molar-refractivity contribution >= 4 is 23.2 Å². The highest BCUT2D eigenvalue weighted by Gasteiger charge is 2.63. The number of nitrogens with one attached hydrogen (secondary N) is 1. The third kappa shape index (κ3) is 3.85. The Morgan fingerprint density at radius 1 is 1.23 bits per heavy atom. The fourth-order valence-corrected chi connectivity index (χ4v) is 6.94. The molecule has 3 N–H and O–H groups in total. The number of aliphatic hydroxyl groups excluding tert-OH is 1. The van der Waals surface area contributed by atoms with E-state index in [9.17, 15) is 15.0 Å². The number of aliphatic hydroxyl groups is 2. The number of anilines is 1. The second kappa shape index (κ2) is 8.75. The van der Waals surface area contributed by atoms with Gasteiger partial charge in [-0.1, -0.05) is 29.8 Å². The van der Waals surface area contributed by atoms with Crippen molar-refractivity contribution in [2.24, 2.45) is 11.8 Å². The fourth-order valence-electron chi connectivity index (χ4n) is 6.77. The molecule has 6 rings (SSSR count). The first-order valence-corrected chi connectivity index (χ1v) is 13.0. The molecular weight excluding hydrogens is 466 g/mol. The summed E-state index contributed by atoms with van der Waals surface area (Å²) >= 11 is 6.27. The van der Waals surface area contributed by atoms with Gasteiger partial charge in [0.15, 0.2) is 6.29 Å². The maximum absolute atomic E-state index is 13.7. The van der Waals surface area contributed by atoms with Crippen molar-refractivity contribution in [3.63, 3.8) is 0 Å². The summed E-state index contributed by atoms with van der Waals surface area (Å²) in [4.78, 5) is 18.6. The van der Waals surface area contributed by atoms with Gasteiger partial charge in [-0.05, 0) is 61.9 Å². The van der Waals surface area contributed by atoms with Crippen LogP contribution < -0.4 is 10.1 Å². The van der Waals surface area contributed by atoms with Crippen LogP contribution in [0.1, 0.15) is 37.3 Å². The third-order valence-electron chi connectivity index (χ3n) is 8.46. The summed E-state index contributed by atoms with van der Waals surface area (Å²) in [5.41, 5.74) is 2.16. The molecule has 3 fully saturated rings. The van der Waals surface area contributed by atoms with Crippen LogP contribution in [-0.2, 0) is 16.9 Å². The molecule has 0 bridgehead atoms. The van der Waals surface area contributed by atoms with Crippen molar-refractivity contribution in [2.75, 3.05) is 25.0 Å². The van der Waals surface area contributed by atoms with E-state index < -0.39 is 11.8 Å². The van der Waals surface area contributed by atoms with Crippen LogP contribution in [0.25, 0.3) is 0 Å². The van der Waals surface area contributed by atoms with Gasteiger partial charge in [0.05, 0.1) is 6.61 Å². The van der Waals surface area contributed by atoms with Gasteiger partial charge in [-0.2, -0.15) is 0 Å². The molecule has 3 heterocycles. The van der Waals surface area contributed by atoms with Crippen LogP contribution in [0.3, 0.4) is 0 Å². The average molecular weight is 498 g/mol. The van der Waals surface area contributed by atoms with Crippen molar-refractivity contribution < 1.29 is 19.7 Å². The van der Waals surface area contributed by atoms with Crippen LogP contribution in [0.15, 0.2) is 42.5 Å². The Bertz CT molecular complexity index is 1140. The molecule has 2 aromatic rings. The third-order valence-corrected chi connectivity index (χ3v) is 8.70. The Balaban J connectivity index is 1.35. The number of hydrogen-bond donors (Lipinski definition) is 3. The number of likely N-dealkylation sites (tertiary alicyclic amines) is 2. The zero-order valence-electron chi connectivity index (χ0n) is 19.9. The van der Waals surface area contributed by atoms with E-state index in [0.29, 0.717) is 30.5 Å². The van der Waals surface area contributed by atoms with Gasteiger partial charge in [-0.15, -0.1) is 0 Å². The number of ether oxygens (including phenoxy) is 1. The van der Waals surface area contributed by atoms with Crippen LogP contribution in [0.4, 0.5) is 5.69 Å². The van der Waals surface area contributed by atoms with Gasteiger partial charge in [0, 0.05) is 53.9 Å². The molecule has 5 unspecified atom stereocenters. The highest BCUT2D eigenvalue weighted by atomic mass is 35.5. The molecule has 5 atom stereocenters. The van der Waals surface area contributed by atoms with Crippen molar-refractivity contribution in [2.45, 2.75) is 56.6 Å². The average Bonchev–Trinajstić information content (AvgIpc) is 3.28. The molecule has 4 aliphatic rings. The molecule has 0 aromatic heterocycles. The summed E-state index contributed by atoms with van der Waals surface area (Å²) in [6.07, 6.45) is 1.31. The van der Waals surface area contributed by atoms with Crippen molar-refractivity contribution in [3.8, 4) is 5.75 Å². The smallest absolute Gasteiger partial charge is 0.249 e. The molecule has 7 nitrogen and oxygen atoms in total. The van der Waals surface area contributed by atoms with E-state index in [2.05, 4.69) is 27.2 Å². The number of carbonyl (C=O) groups is 1. The number of amides is 1. The van der Waals surface area contributed by atoms with E-state index in [1.54, 1.807) is 0 Å². The Hall–Kier alpha value is -2.16. The second-order valence-corrected chi connectivity index (χ2v) is 10.8. The van der Waals surface area contributed by atoms with Crippen molar-refractivity contribution in [3.05, 3.63) is 58.6 Å². The predicted octanol–water partition coefficient (Wildman–Crippen LogP) is 3.18. The van der Waals surface area contributed by atoms with Crippen LogP contribution >= 0.6 is 11.6 Å². The van der Waals surface area contributed by atoms with Gasteiger partial charge >= 0.3 is 0 Å². The number of fused-ring (bicyclic) bond motifs is 3. The molecule has 0 radical (unpaired) electrons. The SMILES string of the molecule is CCOc1cccc(CN2C3CCN(CC4CC4C(O)O)C3CC23C(=O)Nc2cc(Cl)ccc23)c1. The van der Waals surface area contributed by atoms with Crippen LogP contribution in [0.5, 0.6) is 5.75 Å². The van der Waals surface area contributed by atoms with Gasteiger partial charge in [0.1, 0.15) is 11.3 Å². The molecule has 8 heteroatoms. The lowest BCUT2D eigenvalue weighted by atomic mass is 9.87. The number of hydrogen-bond acceptors (Lipinski definition) is 6. The van der Waals surface area contributed by atoms with Gasteiger partial charge < -0.3 is 20.3 Å². The van der Waals surface area contributed by atoms with E-state index in [0.717, 1.165) is 48.5 Å². The highest BCUT2D eigenvalue weighted by Crippen LogP contribution is 2.54. The zero-order valence-corrected chi connectivity index (χ0v) is 20.6. The molecular formula is C27H32ClN3O4. The molecule has 35 heavy (non-hydrogen) atoms. The largest absolute Gasteiger partial charge is 0.494 e. The number of halogens is 1. The summed E-state index contributed by atoms with van der Waals surface area (Å²) in [6, 6.07) is 14.3. The van der Waals surface area contributed by atoms with Gasteiger partial charge in [-0.3, -0.25) is 14.6 Å². The van der Waals surface area contributed by atoms with Crippen LogP contribution in [-0.4, -0.2) is 64.0 Å². The number of nitrogens with zero attached hydrogens (tertiary/aromatic N) is 2. The Kier molecular flexibility index (Phi) is 5.81.